The van der Waals surface area contributed by atoms with Gasteiger partial charge in [0, 0.05) is 10.7 Å². The van der Waals surface area contributed by atoms with Crippen LogP contribution in [0.1, 0.15) is 0 Å². The molecule has 0 saturated carbocycles. The van der Waals surface area contributed by atoms with Gasteiger partial charge >= 0.3 is 0 Å². The zero-order valence-corrected chi connectivity index (χ0v) is 8.75. The fourth-order valence-electron chi connectivity index (χ4n) is 1.11. The van der Waals surface area contributed by atoms with Crippen LogP contribution in [0.2, 0.25) is 5.02 Å². The number of hydrogen-bond acceptors (Lipinski definition) is 3. The van der Waals surface area contributed by atoms with Gasteiger partial charge in [-0.1, -0.05) is 11.6 Å². The lowest BCUT2D eigenvalue weighted by atomic mass is 10.3. The fraction of sp³-hybridized carbons (Fsp3) is 0. The van der Waals surface area contributed by atoms with Crippen molar-refractivity contribution in [3.8, 4) is 0 Å². The number of anilines is 2. The van der Waals surface area contributed by atoms with Crippen molar-refractivity contribution in [2.75, 3.05) is 5.32 Å². The lowest BCUT2D eigenvalue weighted by molar-refractivity contribution is 0.601. The summed E-state index contributed by atoms with van der Waals surface area (Å²) in [5, 5.41) is 3.41. The van der Waals surface area contributed by atoms with E-state index in [4.69, 9.17) is 11.6 Å². The molecule has 1 aromatic heterocycles. The number of nitrogens with zero attached hydrogens (tertiary/aromatic N) is 1. The van der Waals surface area contributed by atoms with Crippen molar-refractivity contribution < 1.29 is 4.39 Å². The Balaban J connectivity index is 2.24. The summed E-state index contributed by atoms with van der Waals surface area (Å²) in [4.78, 5) is 16.9. The summed E-state index contributed by atoms with van der Waals surface area (Å²) in [6.45, 7) is 0. The molecule has 4 nitrogen and oxygen atoms in total. The third-order valence-electron chi connectivity index (χ3n) is 1.86. The van der Waals surface area contributed by atoms with Crippen molar-refractivity contribution in [2.24, 2.45) is 0 Å². The minimum absolute atomic E-state index is 0.175. The molecule has 0 atom stereocenters. The number of aromatic nitrogens is 2. The van der Waals surface area contributed by atoms with Crippen LogP contribution < -0.4 is 10.9 Å². The zero-order chi connectivity index (χ0) is 11.5. The van der Waals surface area contributed by atoms with Crippen molar-refractivity contribution in [1.82, 2.24) is 9.97 Å². The first-order valence-electron chi connectivity index (χ1n) is 4.42. The van der Waals surface area contributed by atoms with Gasteiger partial charge in [-0.3, -0.25) is 9.78 Å². The second kappa shape index (κ2) is 4.32. The monoisotopic (exact) mass is 239 g/mol. The zero-order valence-electron chi connectivity index (χ0n) is 8.00. The third kappa shape index (κ3) is 2.38. The molecular weight excluding hydrogens is 233 g/mol. The molecule has 0 radical (unpaired) electrons. The van der Waals surface area contributed by atoms with Crippen LogP contribution in [0.4, 0.5) is 16.0 Å². The highest BCUT2D eigenvalue weighted by molar-refractivity contribution is 6.30. The molecule has 1 heterocycles. The van der Waals surface area contributed by atoms with E-state index in [1.807, 2.05) is 0 Å². The first-order chi connectivity index (χ1) is 7.65. The highest BCUT2D eigenvalue weighted by Crippen LogP contribution is 2.15. The third-order valence-corrected chi connectivity index (χ3v) is 2.11. The van der Waals surface area contributed by atoms with Gasteiger partial charge in [0.15, 0.2) is 0 Å². The van der Waals surface area contributed by atoms with Gasteiger partial charge in [-0.25, -0.2) is 4.98 Å². The van der Waals surface area contributed by atoms with Crippen LogP contribution in [-0.4, -0.2) is 9.97 Å². The molecule has 0 aliphatic carbocycles. The van der Waals surface area contributed by atoms with E-state index in [0.29, 0.717) is 10.7 Å². The number of halogens is 2. The van der Waals surface area contributed by atoms with Gasteiger partial charge in [0.05, 0.1) is 6.20 Å². The Morgan fingerprint density at radius 1 is 1.31 bits per heavy atom. The lowest BCUT2D eigenvalue weighted by Gasteiger charge is -2.04. The predicted molar refractivity (Wildman–Crippen MR) is 59.6 cm³/mol. The highest BCUT2D eigenvalue weighted by atomic mass is 35.5. The number of hydrogen-bond donors (Lipinski definition) is 2. The Morgan fingerprint density at radius 2 is 2.00 bits per heavy atom. The minimum atomic E-state index is -0.915. The number of benzene rings is 1. The maximum atomic E-state index is 12.6. The van der Waals surface area contributed by atoms with Gasteiger partial charge in [-0.2, -0.15) is 4.39 Å². The molecule has 82 valence electrons. The van der Waals surface area contributed by atoms with Crippen molar-refractivity contribution in [1.29, 1.82) is 0 Å². The van der Waals surface area contributed by atoms with Gasteiger partial charge in [0.2, 0.25) is 11.8 Å². The molecule has 0 amide bonds. The Hall–Kier alpha value is -1.88. The Labute approximate surface area is 95.1 Å². The molecule has 0 bridgehead atoms. The molecule has 0 fully saturated rings. The van der Waals surface area contributed by atoms with Crippen molar-refractivity contribution >= 4 is 23.2 Å². The van der Waals surface area contributed by atoms with Crippen molar-refractivity contribution in [2.45, 2.75) is 0 Å². The number of nitrogens with one attached hydrogen (secondary N) is 2. The van der Waals surface area contributed by atoms with E-state index in [-0.39, 0.29) is 5.95 Å². The molecule has 0 aliphatic rings. The molecule has 0 aliphatic heterocycles. The second-order valence-electron chi connectivity index (χ2n) is 3.04. The normalized spacial score (nSPS) is 10.1. The van der Waals surface area contributed by atoms with Gasteiger partial charge in [-0.15, -0.1) is 0 Å². The van der Waals surface area contributed by atoms with E-state index in [9.17, 15) is 9.18 Å². The Bertz CT molecular complexity index is 553. The van der Waals surface area contributed by atoms with E-state index >= 15 is 0 Å². The smallest absolute Gasteiger partial charge is 0.288 e. The van der Waals surface area contributed by atoms with E-state index in [1.54, 1.807) is 24.3 Å². The van der Waals surface area contributed by atoms with Crippen LogP contribution in [0.15, 0.2) is 35.3 Å². The van der Waals surface area contributed by atoms with E-state index in [2.05, 4.69) is 15.3 Å². The summed E-state index contributed by atoms with van der Waals surface area (Å²) in [5.41, 5.74) is -0.120. The van der Waals surface area contributed by atoms with Gasteiger partial charge in [-0.05, 0) is 24.3 Å². The predicted octanol–water partition coefficient (Wildman–Crippen LogP) is 2.31. The van der Waals surface area contributed by atoms with Crippen molar-refractivity contribution in [3.63, 3.8) is 0 Å². The van der Waals surface area contributed by atoms with Crippen LogP contribution in [0, 0.1) is 5.82 Å². The lowest BCUT2D eigenvalue weighted by Crippen LogP contribution is -2.13. The van der Waals surface area contributed by atoms with Gasteiger partial charge in [0.1, 0.15) is 0 Å². The Morgan fingerprint density at radius 3 is 2.62 bits per heavy atom. The summed E-state index contributed by atoms with van der Waals surface area (Å²) in [5.74, 6) is -0.740. The summed E-state index contributed by atoms with van der Waals surface area (Å²) >= 11 is 5.71. The molecule has 2 aromatic rings. The summed E-state index contributed by atoms with van der Waals surface area (Å²) in [6, 6.07) is 6.80. The quantitative estimate of drug-likeness (QED) is 0.846. The summed E-state index contributed by atoms with van der Waals surface area (Å²) < 4.78 is 12.6. The molecular formula is C10H7ClFN3O. The first kappa shape index (κ1) is 10.6. The molecule has 2 N–H and O–H groups in total. The number of rotatable bonds is 2. The molecule has 2 rings (SSSR count). The first-order valence-corrected chi connectivity index (χ1v) is 4.80. The standard InChI is InChI=1S/C10H7ClFN3O/c11-6-1-3-7(4-2-6)14-10-13-5-8(12)9(16)15-10/h1-5H,(H2,13,14,15,16). The van der Waals surface area contributed by atoms with Crippen LogP contribution in [0.3, 0.4) is 0 Å². The van der Waals surface area contributed by atoms with Crippen LogP contribution in [-0.2, 0) is 0 Å². The maximum absolute atomic E-state index is 12.6. The molecule has 6 heteroatoms. The fourth-order valence-corrected chi connectivity index (χ4v) is 1.24. The average molecular weight is 240 g/mol. The molecule has 0 spiro atoms. The van der Waals surface area contributed by atoms with Crippen LogP contribution in [0.25, 0.3) is 0 Å². The molecule has 1 aromatic carbocycles. The van der Waals surface area contributed by atoms with E-state index in [0.717, 1.165) is 6.20 Å². The summed E-state index contributed by atoms with van der Waals surface area (Å²) in [7, 11) is 0. The van der Waals surface area contributed by atoms with Gasteiger partial charge in [0.25, 0.3) is 5.56 Å². The SMILES string of the molecule is O=c1[nH]c(Nc2ccc(Cl)cc2)ncc1F. The van der Waals surface area contributed by atoms with Crippen LogP contribution in [0.5, 0.6) is 0 Å². The van der Waals surface area contributed by atoms with Crippen molar-refractivity contribution in [3.05, 3.63) is 51.7 Å². The highest BCUT2D eigenvalue weighted by Gasteiger charge is 2.01. The van der Waals surface area contributed by atoms with E-state index in [1.165, 1.54) is 0 Å². The topological polar surface area (TPSA) is 57.8 Å². The largest absolute Gasteiger partial charge is 0.326 e. The molecule has 0 unspecified atom stereocenters. The van der Waals surface area contributed by atoms with Gasteiger partial charge < -0.3 is 5.32 Å². The number of H-pyrrole nitrogens is 1. The molecule has 0 saturated heterocycles. The molecule has 16 heavy (non-hydrogen) atoms. The van der Waals surface area contributed by atoms with E-state index < -0.39 is 11.4 Å². The second-order valence-corrected chi connectivity index (χ2v) is 3.48. The number of aromatic amines is 1. The summed E-state index contributed by atoms with van der Waals surface area (Å²) in [6.07, 6.45) is 0.858. The maximum Gasteiger partial charge on any atom is 0.288 e. The minimum Gasteiger partial charge on any atom is -0.326 e. The van der Waals surface area contributed by atoms with Crippen LogP contribution >= 0.6 is 11.6 Å². The Kier molecular flexibility index (Phi) is 2.87. The average Bonchev–Trinajstić information content (AvgIpc) is 2.27.